The first kappa shape index (κ1) is 26.2. The van der Waals surface area contributed by atoms with E-state index in [-0.39, 0.29) is 56.6 Å². The minimum Gasteiger partial charge on any atom is -0.466 e. The highest BCUT2D eigenvalue weighted by molar-refractivity contribution is 5.96. The van der Waals surface area contributed by atoms with Crippen LogP contribution in [0.2, 0.25) is 0 Å². The minimum atomic E-state index is -0.534. The van der Waals surface area contributed by atoms with Crippen LogP contribution in [0.15, 0.2) is 11.6 Å². The average molecular weight is 497 g/mol. The lowest BCUT2D eigenvalue weighted by atomic mass is 9.34. The van der Waals surface area contributed by atoms with E-state index in [0.29, 0.717) is 18.8 Å². The monoisotopic (exact) mass is 496 g/mol. The smallest absolute Gasteiger partial charge is 0.312 e. The van der Waals surface area contributed by atoms with Gasteiger partial charge in [0.25, 0.3) is 0 Å². The number of fused-ring (bicyclic) bond motifs is 7. The summed E-state index contributed by atoms with van der Waals surface area (Å²) in [7, 11) is 0. The SMILES string of the molecule is CCOC(=O)[C@]12CCC(C)(C)CC1C1C(=O)C=C3[C@@]4(C)CCC(=O)C(C)(C)C4CC[C@@]3(C)[C@]1(C)CC2. The van der Waals surface area contributed by atoms with Crippen LogP contribution in [0.3, 0.4) is 0 Å². The summed E-state index contributed by atoms with van der Waals surface area (Å²) in [6.45, 7) is 18.3. The van der Waals surface area contributed by atoms with Crippen molar-refractivity contribution in [3.8, 4) is 0 Å². The van der Waals surface area contributed by atoms with Crippen LogP contribution in [-0.2, 0) is 19.1 Å². The number of ketones is 2. The van der Waals surface area contributed by atoms with E-state index < -0.39 is 5.41 Å². The van der Waals surface area contributed by atoms with E-state index >= 15 is 0 Å². The lowest BCUT2D eigenvalue weighted by Crippen LogP contribution is -2.66. The zero-order chi connectivity index (χ0) is 26.5. The predicted octanol–water partition coefficient (Wildman–Crippen LogP) is 7.10. The Bertz CT molecular complexity index is 1030. The third-order valence-corrected chi connectivity index (χ3v) is 12.8. The number of ether oxygens (including phenoxy) is 1. The topological polar surface area (TPSA) is 60.4 Å². The quantitative estimate of drug-likeness (QED) is 0.383. The largest absolute Gasteiger partial charge is 0.466 e. The Morgan fingerprint density at radius 3 is 2.28 bits per heavy atom. The highest BCUT2D eigenvalue weighted by Crippen LogP contribution is 2.75. The van der Waals surface area contributed by atoms with Crippen LogP contribution < -0.4 is 0 Å². The fourth-order valence-corrected chi connectivity index (χ4v) is 10.4. The molecule has 0 aliphatic heterocycles. The van der Waals surface area contributed by atoms with Crippen molar-refractivity contribution in [2.75, 3.05) is 6.61 Å². The first-order valence-corrected chi connectivity index (χ1v) is 14.6. The predicted molar refractivity (Wildman–Crippen MR) is 141 cm³/mol. The second kappa shape index (κ2) is 7.79. The van der Waals surface area contributed by atoms with E-state index in [1.54, 1.807) is 0 Å². The van der Waals surface area contributed by atoms with Crippen molar-refractivity contribution in [1.29, 1.82) is 0 Å². The molecule has 0 aromatic heterocycles. The van der Waals surface area contributed by atoms with Gasteiger partial charge in [-0.2, -0.15) is 0 Å². The molecule has 36 heavy (non-hydrogen) atoms. The van der Waals surface area contributed by atoms with Gasteiger partial charge in [0.1, 0.15) is 5.78 Å². The van der Waals surface area contributed by atoms with Crippen molar-refractivity contribution in [2.24, 2.45) is 50.2 Å². The molecular formula is C32H48O4. The number of carbonyl (C=O) groups is 3. The van der Waals surface area contributed by atoms with Crippen molar-refractivity contribution >= 4 is 17.5 Å². The molecular weight excluding hydrogens is 448 g/mol. The van der Waals surface area contributed by atoms with E-state index in [1.165, 1.54) is 5.57 Å². The maximum Gasteiger partial charge on any atom is 0.312 e. The second-order valence-electron chi connectivity index (χ2n) is 15.2. The molecule has 4 heteroatoms. The van der Waals surface area contributed by atoms with Crippen molar-refractivity contribution < 1.29 is 19.1 Å². The molecule has 0 amide bonds. The summed E-state index contributed by atoms with van der Waals surface area (Å²) in [6.07, 6.45) is 9.95. The Labute approximate surface area is 218 Å². The van der Waals surface area contributed by atoms with E-state index in [4.69, 9.17) is 4.74 Å². The Hall–Kier alpha value is -1.45. The lowest BCUT2D eigenvalue weighted by molar-refractivity contribution is -0.194. The average Bonchev–Trinajstić information content (AvgIpc) is 2.78. The first-order valence-electron chi connectivity index (χ1n) is 14.6. The Balaban J connectivity index is 1.64. The minimum absolute atomic E-state index is 0.0241. The Morgan fingerprint density at radius 1 is 0.944 bits per heavy atom. The summed E-state index contributed by atoms with van der Waals surface area (Å²) in [6, 6.07) is 0. The van der Waals surface area contributed by atoms with Gasteiger partial charge in [0.05, 0.1) is 12.0 Å². The van der Waals surface area contributed by atoms with E-state index in [1.807, 2.05) is 13.0 Å². The number of hydrogen-bond acceptors (Lipinski definition) is 4. The summed E-state index contributed by atoms with van der Waals surface area (Å²) in [4.78, 5) is 40.9. The number of allylic oxidation sites excluding steroid dienone is 2. The standard InChI is InChI=1S/C32H48O4/c1-9-36-26(35)32-16-14-27(2,3)19-20(32)25-21(33)18-23-29(6)12-11-24(34)28(4,5)22(29)10-13-30(23,7)31(25,8)15-17-32/h18,20,22,25H,9-17,19H2,1-8H3/t20?,22?,25?,29-,30+,31+,32-/m0/s1. The number of hydrogen-bond donors (Lipinski definition) is 0. The normalized spacial score (nSPS) is 47.0. The number of rotatable bonds is 2. The summed E-state index contributed by atoms with van der Waals surface area (Å²) in [5.74, 6) is 0.690. The summed E-state index contributed by atoms with van der Waals surface area (Å²) < 4.78 is 5.71. The number of carbonyl (C=O) groups excluding carboxylic acids is 3. The number of Topliss-reactive ketones (excluding diaryl/α,β-unsaturated/α-hetero) is 1. The van der Waals surface area contributed by atoms with Crippen LogP contribution in [0.4, 0.5) is 0 Å². The highest BCUT2D eigenvalue weighted by Gasteiger charge is 2.71. The third kappa shape index (κ3) is 3.14. The van der Waals surface area contributed by atoms with Gasteiger partial charge in [-0.1, -0.05) is 54.0 Å². The molecule has 5 rings (SSSR count). The van der Waals surface area contributed by atoms with Crippen LogP contribution in [0, 0.1) is 50.2 Å². The molecule has 4 nitrogen and oxygen atoms in total. The van der Waals surface area contributed by atoms with Crippen molar-refractivity contribution in [3.63, 3.8) is 0 Å². The van der Waals surface area contributed by atoms with Gasteiger partial charge in [0, 0.05) is 17.8 Å². The van der Waals surface area contributed by atoms with Crippen LogP contribution in [0.25, 0.3) is 0 Å². The summed E-state index contributed by atoms with van der Waals surface area (Å²) in [5, 5.41) is 0. The van der Waals surface area contributed by atoms with E-state index in [2.05, 4.69) is 48.5 Å². The molecule has 3 unspecified atom stereocenters. The van der Waals surface area contributed by atoms with Crippen LogP contribution in [0.5, 0.6) is 0 Å². The molecule has 4 fully saturated rings. The van der Waals surface area contributed by atoms with Crippen LogP contribution >= 0.6 is 0 Å². The third-order valence-electron chi connectivity index (χ3n) is 12.8. The van der Waals surface area contributed by atoms with Gasteiger partial charge in [-0.25, -0.2) is 0 Å². The van der Waals surface area contributed by atoms with Crippen molar-refractivity contribution in [2.45, 2.75) is 113 Å². The van der Waals surface area contributed by atoms with Gasteiger partial charge >= 0.3 is 5.97 Å². The zero-order valence-electron chi connectivity index (χ0n) is 24.0. The molecule has 0 aromatic carbocycles. The molecule has 4 saturated carbocycles. The first-order chi connectivity index (χ1) is 16.6. The number of esters is 1. The highest BCUT2D eigenvalue weighted by atomic mass is 16.5. The molecule has 5 aliphatic carbocycles. The molecule has 0 saturated heterocycles. The van der Waals surface area contributed by atoms with Gasteiger partial charge in [-0.15, -0.1) is 0 Å². The fraction of sp³-hybridized carbons (Fsp3) is 0.844. The molecule has 0 aromatic rings. The maximum atomic E-state index is 14.4. The molecule has 0 radical (unpaired) electrons. The Kier molecular flexibility index (Phi) is 5.66. The van der Waals surface area contributed by atoms with Gasteiger partial charge in [-0.3, -0.25) is 14.4 Å². The maximum absolute atomic E-state index is 14.4. The van der Waals surface area contributed by atoms with E-state index in [9.17, 15) is 14.4 Å². The van der Waals surface area contributed by atoms with Crippen molar-refractivity contribution in [1.82, 2.24) is 0 Å². The molecule has 0 spiro atoms. The van der Waals surface area contributed by atoms with Gasteiger partial charge in [0.15, 0.2) is 5.78 Å². The zero-order valence-corrected chi connectivity index (χ0v) is 24.0. The molecule has 0 N–H and O–H groups in total. The second-order valence-corrected chi connectivity index (χ2v) is 15.2. The molecule has 7 atom stereocenters. The van der Waals surface area contributed by atoms with E-state index in [0.717, 1.165) is 51.4 Å². The molecule has 200 valence electrons. The summed E-state index contributed by atoms with van der Waals surface area (Å²) in [5.41, 5.74) is 0.117. The van der Waals surface area contributed by atoms with Gasteiger partial charge in [-0.05, 0) is 97.9 Å². The fourth-order valence-electron chi connectivity index (χ4n) is 10.4. The van der Waals surface area contributed by atoms with Crippen LogP contribution in [0.1, 0.15) is 113 Å². The molecule has 0 bridgehead atoms. The summed E-state index contributed by atoms with van der Waals surface area (Å²) >= 11 is 0. The van der Waals surface area contributed by atoms with Gasteiger partial charge < -0.3 is 4.74 Å². The van der Waals surface area contributed by atoms with Gasteiger partial charge in [0.2, 0.25) is 0 Å². The van der Waals surface area contributed by atoms with Crippen molar-refractivity contribution in [3.05, 3.63) is 11.6 Å². The Morgan fingerprint density at radius 2 is 1.61 bits per heavy atom. The van der Waals surface area contributed by atoms with Crippen LogP contribution in [-0.4, -0.2) is 24.1 Å². The molecule has 5 aliphatic rings. The molecule has 0 heterocycles. The lowest BCUT2D eigenvalue weighted by Gasteiger charge is -2.69.